The molecule has 4 rings (SSSR count). The summed E-state index contributed by atoms with van der Waals surface area (Å²) in [6.07, 6.45) is 3.32. The Morgan fingerprint density at radius 1 is 1.23 bits per heavy atom. The standard InChI is InChI=1S/C20H20F2N6OS/c1-12(16-10-25-28(13(16)2)18-6-4-14(21)8-17(18)22)23-9-15-5-7-19(29-15)30-20-26-24-11-27(20)3/h4-8,10-12,23H,9H2,1-3H3/t12-/m0/s1. The summed E-state index contributed by atoms with van der Waals surface area (Å²) in [6.45, 7) is 4.36. The Balaban J connectivity index is 1.42. The van der Waals surface area contributed by atoms with Crippen molar-refractivity contribution in [3.05, 3.63) is 71.5 Å². The Morgan fingerprint density at radius 2 is 2.07 bits per heavy atom. The second-order valence-electron chi connectivity index (χ2n) is 6.84. The largest absolute Gasteiger partial charge is 0.453 e. The van der Waals surface area contributed by atoms with Crippen LogP contribution in [0.25, 0.3) is 5.69 Å². The van der Waals surface area contributed by atoms with E-state index in [2.05, 4.69) is 20.6 Å². The summed E-state index contributed by atoms with van der Waals surface area (Å²) in [7, 11) is 1.87. The molecule has 0 aliphatic heterocycles. The van der Waals surface area contributed by atoms with Crippen LogP contribution in [0.3, 0.4) is 0 Å². The van der Waals surface area contributed by atoms with Crippen molar-refractivity contribution in [3.8, 4) is 5.69 Å². The Kier molecular flexibility index (Phi) is 5.69. The van der Waals surface area contributed by atoms with Crippen LogP contribution in [0.2, 0.25) is 0 Å². The van der Waals surface area contributed by atoms with Crippen molar-refractivity contribution in [2.24, 2.45) is 7.05 Å². The zero-order chi connectivity index (χ0) is 21.3. The van der Waals surface area contributed by atoms with Crippen LogP contribution in [0.1, 0.15) is 30.0 Å². The summed E-state index contributed by atoms with van der Waals surface area (Å²) < 4.78 is 36.4. The van der Waals surface area contributed by atoms with Gasteiger partial charge in [-0.1, -0.05) is 0 Å². The van der Waals surface area contributed by atoms with Gasteiger partial charge in [-0.2, -0.15) is 5.10 Å². The first kappa shape index (κ1) is 20.3. The van der Waals surface area contributed by atoms with E-state index in [0.29, 0.717) is 6.54 Å². The van der Waals surface area contributed by atoms with Crippen LogP contribution in [0.5, 0.6) is 0 Å². The fourth-order valence-electron chi connectivity index (χ4n) is 3.07. The van der Waals surface area contributed by atoms with Gasteiger partial charge in [0.2, 0.25) is 0 Å². The molecule has 0 aliphatic rings. The third kappa shape index (κ3) is 4.14. The van der Waals surface area contributed by atoms with E-state index in [9.17, 15) is 8.78 Å². The minimum absolute atomic E-state index is 0.0535. The minimum Gasteiger partial charge on any atom is -0.453 e. The van der Waals surface area contributed by atoms with Gasteiger partial charge in [-0.15, -0.1) is 10.2 Å². The number of halogens is 2. The molecule has 0 aliphatic carbocycles. The molecule has 10 heteroatoms. The highest BCUT2D eigenvalue weighted by Gasteiger charge is 2.17. The molecule has 0 radical (unpaired) electrons. The first-order chi connectivity index (χ1) is 14.4. The molecule has 3 aromatic heterocycles. The number of nitrogens with one attached hydrogen (secondary N) is 1. The Labute approximate surface area is 176 Å². The highest BCUT2D eigenvalue weighted by Crippen LogP contribution is 2.28. The molecule has 30 heavy (non-hydrogen) atoms. The lowest BCUT2D eigenvalue weighted by Crippen LogP contribution is -2.18. The molecule has 0 unspecified atom stereocenters. The summed E-state index contributed by atoms with van der Waals surface area (Å²) in [6, 6.07) is 7.19. The van der Waals surface area contributed by atoms with Gasteiger partial charge in [0.05, 0.1) is 12.7 Å². The van der Waals surface area contributed by atoms with Crippen LogP contribution < -0.4 is 5.32 Å². The highest BCUT2D eigenvalue weighted by molar-refractivity contribution is 7.99. The molecule has 0 bridgehead atoms. The van der Waals surface area contributed by atoms with Crippen molar-refractivity contribution in [2.45, 2.75) is 36.7 Å². The maximum atomic E-state index is 14.1. The molecule has 1 aromatic carbocycles. The van der Waals surface area contributed by atoms with E-state index in [-0.39, 0.29) is 11.7 Å². The summed E-state index contributed by atoms with van der Waals surface area (Å²) >= 11 is 1.40. The molecule has 1 N–H and O–H groups in total. The van der Waals surface area contributed by atoms with E-state index in [0.717, 1.165) is 33.3 Å². The second-order valence-corrected chi connectivity index (χ2v) is 7.81. The van der Waals surface area contributed by atoms with Gasteiger partial charge in [0.15, 0.2) is 16.1 Å². The SMILES string of the molecule is Cc1c([C@H](C)NCc2ccc(Sc3nncn3C)o2)cnn1-c1ccc(F)cc1F. The monoisotopic (exact) mass is 430 g/mol. The van der Waals surface area contributed by atoms with Gasteiger partial charge >= 0.3 is 0 Å². The van der Waals surface area contributed by atoms with Crippen LogP contribution in [0, 0.1) is 18.6 Å². The molecule has 3 heterocycles. The maximum Gasteiger partial charge on any atom is 0.198 e. The summed E-state index contributed by atoms with van der Waals surface area (Å²) in [5.41, 5.74) is 1.90. The number of nitrogens with zero attached hydrogens (tertiary/aromatic N) is 5. The summed E-state index contributed by atoms with van der Waals surface area (Å²) in [5.74, 6) is -0.496. The van der Waals surface area contributed by atoms with Crippen LogP contribution in [0.4, 0.5) is 8.78 Å². The summed E-state index contributed by atoms with van der Waals surface area (Å²) in [5, 5.41) is 17.0. The number of aryl methyl sites for hydroxylation is 1. The molecule has 0 spiro atoms. The average molecular weight is 430 g/mol. The van der Waals surface area contributed by atoms with Crippen molar-refractivity contribution in [2.75, 3.05) is 0 Å². The van der Waals surface area contributed by atoms with Crippen LogP contribution in [-0.4, -0.2) is 24.5 Å². The quantitative estimate of drug-likeness (QED) is 0.474. The van der Waals surface area contributed by atoms with Gasteiger partial charge in [-0.3, -0.25) is 0 Å². The Bertz CT molecular complexity index is 1170. The molecule has 0 saturated heterocycles. The molecule has 156 valence electrons. The van der Waals surface area contributed by atoms with Gasteiger partial charge in [0, 0.05) is 30.4 Å². The first-order valence-electron chi connectivity index (χ1n) is 9.26. The Morgan fingerprint density at radius 3 is 2.80 bits per heavy atom. The van der Waals surface area contributed by atoms with E-state index in [1.165, 1.54) is 28.6 Å². The number of rotatable bonds is 7. The first-order valence-corrected chi connectivity index (χ1v) is 10.1. The lowest BCUT2D eigenvalue weighted by Gasteiger charge is -2.13. The number of aromatic nitrogens is 5. The van der Waals surface area contributed by atoms with Crippen molar-refractivity contribution < 1.29 is 13.2 Å². The maximum absolute atomic E-state index is 14.1. The Hall–Kier alpha value is -2.98. The summed E-state index contributed by atoms with van der Waals surface area (Å²) in [4.78, 5) is 0. The average Bonchev–Trinajstić information content (AvgIpc) is 3.42. The van der Waals surface area contributed by atoms with E-state index in [1.54, 1.807) is 12.5 Å². The van der Waals surface area contributed by atoms with Crippen LogP contribution in [0.15, 0.2) is 57.5 Å². The molecular formula is C20H20F2N6OS. The zero-order valence-electron chi connectivity index (χ0n) is 16.6. The lowest BCUT2D eigenvalue weighted by molar-refractivity contribution is 0.405. The third-order valence-corrected chi connectivity index (χ3v) is 5.71. The molecule has 0 fully saturated rings. The van der Waals surface area contributed by atoms with Gasteiger partial charge in [0.25, 0.3) is 0 Å². The minimum atomic E-state index is -0.656. The lowest BCUT2D eigenvalue weighted by atomic mass is 10.1. The van der Waals surface area contributed by atoms with E-state index in [4.69, 9.17) is 4.42 Å². The molecule has 4 aromatic rings. The third-order valence-electron chi connectivity index (χ3n) is 4.73. The number of benzene rings is 1. The van der Waals surface area contributed by atoms with Crippen LogP contribution >= 0.6 is 11.8 Å². The molecule has 7 nitrogen and oxygen atoms in total. The van der Waals surface area contributed by atoms with Crippen molar-refractivity contribution >= 4 is 11.8 Å². The topological polar surface area (TPSA) is 73.7 Å². The van der Waals surface area contributed by atoms with E-state index < -0.39 is 11.6 Å². The zero-order valence-corrected chi connectivity index (χ0v) is 17.5. The number of hydrogen-bond donors (Lipinski definition) is 1. The van der Waals surface area contributed by atoms with Gasteiger partial charge in [0.1, 0.15) is 23.6 Å². The molecular weight excluding hydrogens is 410 g/mol. The second kappa shape index (κ2) is 8.41. The fourth-order valence-corrected chi connectivity index (χ4v) is 3.81. The normalized spacial score (nSPS) is 12.4. The van der Waals surface area contributed by atoms with Gasteiger partial charge in [-0.25, -0.2) is 13.5 Å². The van der Waals surface area contributed by atoms with Gasteiger partial charge < -0.3 is 14.3 Å². The molecule has 0 saturated carbocycles. The molecule has 1 atom stereocenters. The van der Waals surface area contributed by atoms with Crippen molar-refractivity contribution in [1.82, 2.24) is 29.9 Å². The number of hydrogen-bond acceptors (Lipinski definition) is 6. The number of furan rings is 1. The fraction of sp³-hybridized carbons (Fsp3) is 0.250. The van der Waals surface area contributed by atoms with Crippen molar-refractivity contribution in [3.63, 3.8) is 0 Å². The van der Waals surface area contributed by atoms with Gasteiger partial charge in [-0.05, 0) is 49.9 Å². The van der Waals surface area contributed by atoms with E-state index >= 15 is 0 Å². The smallest absolute Gasteiger partial charge is 0.198 e. The predicted octanol–water partition coefficient (Wildman–Crippen LogP) is 4.18. The highest BCUT2D eigenvalue weighted by atomic mass is 32.2. The van der Waals surface area contributed by atoms with Crippen molar-refractivity contribution in [1.29, 1.82) is 0 Å². The van der Waals surface area contributed by atoms with E-state index in [1.807, 2.05) is 37.6 Å². The van der Waals surface area contributed by atoms with Crippen LogP contribution in [-0.2, 0) is 13.6 Å². The predicted molar refractivity (Wildman–Crippen MR) is 107 cm³/mol. The molecule has 0 amide bonds.